The molecule has 3 aromatic rings. The molecule has 2 heterocycles. The van der Waals surface area contributed by atoms with E-state index in [1.54, 1.807) is 0 Å². The summed E-state index contributed by atoms with van der Waals surface area (Å²) in [5.74, 6) is -0.996. The van der Waals surface area contributed by atoms with Crippen LogP contribution < -0.4 is 9.47 Å². The van der Waals surface area contributed by atoms with Gasteiger partial charge in [0.1, 0.15) is 6.61 Å². The van der Waals surface area contributed by atoms with E-state index in [9.17, 15) is 17.2 Å². The molecule has 0 aliphatic carbocycles. The molecule has 0 saturated carbocycles. The second-order valence-electron chi connectivity index (χ2n) is 9.08. The number of ether oxygens (including phenoxy) is 3. The zero-order chi connectivity index (χ0) is 25.3. The molecule has 1 saturated heterocycles. The van der Waals surface area contributed by atoms with Crippen molar-refractivity contribution in [3.8, 4) is 22.6 Å². The van der Waals surface area contributed by atoms with Gasteiger partial charge in [0.05, 0.1) is 18.1 Å². The number of nitrogens with zero attached hydrogens (tertiary/aromatic N) is 1. The average Bonchev–Trinajstić information content (AvgIpc) is 3.28. The molecule has 0 aromatic heterocycles. The molecule has 3 aromatic carbocycles. The highest BCUT2D eigenvalue weighted by Gasteiger charge is 2.30. The van der Waals surface area contributed by atoms with Crippen LogP contribution in [0, 0.1) is 24.5 Å². The number of fused-ring (bicyclic) bond motifs is 1. The van der Waals surface area contributed by atoms with Crippen LogP contribution in [0.15, 0.2) is 59.5 Å². The first kappa shape index (κ1) is 24.7. The molecule has 0 amide bonds. The van der Waals surface area contributed by atoms with Crippen LogP contribution in [0.2, 0.25) is 0 Å². The second kappa shape index (κ2) is 10.2. The first-order valence-corrected chi connectivity index (χ1v) is 13.3. The quantitative estimate of drug-likeness (QED) is 0.466. The lowest BCUT2D eigenvalue weighted by atomic mass is 9.98. The van der Waals surface area contributed by atoms with Crippen molar-refractivity contribution >= 4 is 10.0 Å². The summed E-state index contributed by atoms with van der Waals surface area (Å²) in [6, 6.07) is 14.3. The summed E-state index contributed by atoms with van der Waals surface area (Å²) in [6.07, 6.45) is 0.917. The van der Waals surface area contributed by atoms with Gasteiger partial charge in [-0.2, -0.15) is 4.31 Å². The van der Waals surface area contributed by atoms with Gasteiger partial charge < -0.3 is 14.2 Å². The van der Waals surface area contributed by atoms with Gasteiger partial charge in [0.25, 0.3) is 0 Å². The number of benzene rings is 3. The van der Waals surface area contributed by atoms with Crippen molar-refractivity contribution in [2.75, 3.05) is 33.0 Å². The molecule has 5 rings (SSSR count). The standard InChI is InChI=1S/C27H27F2NO5S/c1-18-4-2-3-5-23(18)20-12-21-15-30(36(31,32)22-6-7-24(28)25(29)14-22)9-11-34-27(21)26(13-20)35-17-19-8-10-33-16-19/h2-7,12-14,19H,8-11,15-17H2,1H3/t19-/m1/s1. The summed E-state index contributed by atoms with van der Waals surface area (Å²) in [4.78, 5) is -0.308. The fourth-order valence-electron chi connectivity index (χ4n) is 4.53. The molecule has 36 heavy (non-hydrogen) atoms. The van der Waals surface area contributed by atoms with Gasteiger partial charge in [-0.1, -0.05) is 24.3 Å². The molecule has 0 N–H and O–H groups in total. The van der Waals surface area contributed by atoms with Crippen LogP contribution in [-0.4, -0.2) is 45.7 Å². The second-order valence-corrected chi connectivity index (χ2v) is 11.0. The monoisotopic (exact) mass is 515 g/mol. The van der Waals surface area contributed by atoms with E-state index in [1.807, 2.05) is 43.3 Å². The van der Waals surface area contributed by atoms with Gasteiger partial charge in [-0.25, -0.2) is 17.2 Å². The van der Waals surface area contributed by atoms with Crippen LogP contribution in [0.4, 0.5) is 8.78 Å². The van der Waals surface area contributed by atoms with Crippen molar-refractivity contribution in [1.29, 1.82) is 0 Å². The van der Waals surface area contributed by atoms with Gasteiger partial charge in [0.15, 0.2) is 23.1 Å². The summed E-state index contributed by atoms with van der Waals surface area (Å²) in [5.41, 5.74) is 3.57. The topological polar surface area (TPSA) is 65.1 Å². The first-order chi connectivity index (χ1) is 17.3. The fraction of sp³-hybridized carbons (Fsp3) is 0.333. The van der Waals surface area contributed by atoms with Gasteiger partial charge in [0.2, 0.25) is 10.0 Å². The van der Waals surface area contributed by atoms with Gasteiger partial charge in [-0.15, -0.1) is 0 Å². The summed E-state index contributed by atoms with van der Waals surface area (Å²) >= 11 is 0. The van der Waals surface area contributed by atoms with E-state index < -0.39 is 21.7 Å². The van der Waals surface area contributed by atoms with Crippen molar-refractivity contribution in [1.82, 2.24) is 4.31 Å². The maximum absolute atomic E-state index is 13.8. The summed E-state index contributed by atoms with van der Waals surface area (Å²) in [5, 5.41) is 0. The van der Waals surface area contributed by atoms with Gasteiger partial charge in [0, 0.05) is 31.2 Å². The van der Waals surface area contributed by atoms with Crippen molar-refractivity contribution in [3.63, 3.8) is 0 Å². The van der Waals surface area contributed by atoms with Gasteiger partial charge in [-0.05, 0) is 60.4 Å². The van der Waals surface area contributed by atoms with E-state index in [0.29, 0.717) is 42.9 Å². The first-order valence-electron chi connectivity index (χ1n) is 11.8. The molecule has 9 heteroatoms. The van der Waals surface area contributed by atoms with Crippen molar-refractivity contribution in [3.05, 3.63) is 77.4 Å². The Morgan fingerprint density at radius 1 is 1.06 bits per heavy atom. The molecule has 1 fully saturated rings. The number of hydrogen-bond acceptors (Lipinski definition) is 5. The minimum Gasteiger partial charge on any atom is -0.489 e. The Morgan fingerprint density at radius 3 is 2.64 bits per heavy atom. The van der Waals surface area contributed by atoms with Crippen molar-refractivity contribution in [2.24, 2.45) is 5.92 Å². The lowest BCUT2D eigenvalue weighted by Crippen LogP contribution is -2.32. The molecule has 0 bridgehead atoms. The van der Waals surface area contributed by atoms with E-state index in [-0.39, 0.29) is 30.5 Å². The summed E-state index contributed by atoms with van der Waals surface area (Å²) in [6.45, 7) is 3.95. The summed E-state index contributed by atoms with van der Waals surface area (Å²) in [7, 11) is -4.10. The minimum atomic E-state index is -4.10. The largest absolute Gasteiger partial charge is 0.489 e. The zero-order valence-corrected chi connectivity index (χ0v) is 20.7. The molecular formula is C27H27F2NO5S. The Morgan fingerprint density at radius 2 is 1.89 bits per heavy atom. The number of rotatable bonds is 6. The van der Waals surface area contributed by atoms with Gasteiger partial charge >= 0.3 is 0 Å². The molecule has 1 atom stereocenters. The van der Waals surface area contributed by atoms with Crippen LogP contribution in [0.1, 0.15) is 17.5 Å². The lowest BCUT2D eigenvalue weighted by Gasteiger charge is -2.21. The molecule has 2 aliphatic rings. The van der Waals surface area contributed by atoms with E-state index in [4.69, 9.17) is 14.2 Å². The maximum atomic E-state index is 13.8. The normalized spacial score (nSPS) is 18.4. The number of halogens is 2. The van der Waals surface area contributed by atoms with Crippen molar-refractivity contribution < 1.29 is 31.4 Å². The minimum absolute atomic E-state index is 0.000711. The van der Waals surface area contributed by atoms with Crippen LogP contribution >= 0.6 is 0 Å². The third-order valence-electron chi connectivity index (χ3n) is 6.55. The van der Waals surface area contributed by atoms with E-state index >= 15 is 0 Å². The van der Waals surface area contributed by atoms with Crippen LogP contribution in [0.25, 0.3) is 11.1 Å². The Balaban J connectivity index is 1.53. The Bertz CT molecular complexity index is 1370. The molecule has 0 unspecified atom stereocenters. The Hall–Kier alpha value is -3.01. The highest BCUT2D eigenvalue weighted by molar-refractivity contribution is 7.89. The lowest BCUT2D eigenvalue weighted by molar-refractivity contribution is 0.165. The van der Waals surface area contributed by atoms with Crippen LogP contribution in [0.3, 0.4) is 0 Å². The molecule has 0 spiro atoms. The zero-order valence-electron chi connectivity index (χ0n) is 19.9. The predicted octanol–water partition coefficient (Wildman–Crippen LogP) is 4.94. The van der Waals surface area contributed by atoms with Gasteiger partial charge in [-0.3, -0.25) is 0 Å². The molecule has 2 aliphatic heterocycles. The Labute approximate surface area is 209 Å². The third-order valence-corrected chi connectivity index (χ3v) is 8.39. The number of aryl methyl sites for hydroxylation is 1. The number of hydrogen-bond donors (Lipinski definition) is 0. The van der Waals surface area contributed by atoms with Crippen molar-refractivity contribution in [2.45, 2.75) is 24.8 Å². The SMILES string of the molecule is Cc1ccccc1-c1cc2c(c(OC[C@@H]3CCOC3)c1)OCCN(S(=O)(=O)c1ccc(F)c(F)c1)C2. The maximum Gasteiger partial charge on any atom is 0.243 e. The fourth-order valence-corrected chi connectivity index (χ4v) is 5.95. The molecule has 0 radical (unpaired) electrons. The molecular weight excluding hydrogens is 488 g/mol. The van der Waals surface area contributed by atoms with E-state index in [2.05, 4.69) is 0 Å². The van der Waals surface area contributed by atoms with Crippen LogP contribution in [-0.2, 0) is 21.3 Å². The summed E-state index contributed by atoms with van der Waals surface area (Å²) < 4.78 is 72.9. The van der Waals surface area contributed by atoms with Crippen LogP contribution in [0.5, 0.6) is 11.5 Å². The highest BCUT2D eigenvalue weighted by Crippen LogP contribution is 2.40. The third kappa shape index (κ3) is 4.96. The number of sulfonamides is 1. The molecule has 190 valence electrons. The smallest absolute Gasteiger partial charge is 0.243 e. The van der Waals surface area contributed by atoms with E-state index in [0.717, 1.165) is 35.2 Å². The molecule has 6 nitrogen and oxygen atoms in total. The Kier molecular flexibility index (Phi) is 6.96. The van der Waals surface area contributed by atoms with E-state index in [1.165, 1.54) is 4.31 Å². The average molecular weight is 516 g/mol. The highest BCUT2D eigenvalue weighted by atomic mass is 32.2. The predicted molar refractivity (Wildman–Crippen MR) is 130 cm³/mol.